The van der Waals surface area contributed by atoms with Crippen LogP contribution < -0.4 is 5.32 Å². The number of carbonyl (C=O) groups is 2. The molecule has 0 unspecified atom stereocenters. The quantitative estimate of drug-likeness (QED) is 0.577. The van der Waals surface area contributed by atoms with E-state index in [1.165, 1.54) is 10.5 Å². The topological polar surface area (TPSA) is 85.2 Å². The average Bonchev–Trinajstić information content (AvgIpc) is 3.28. The Morgan fingerprint density at radius 1 is 1.03 bits per heavy atom. The third-order valence-electron chi connectivity index (χ3n) is 5.39. The van der Waals surface area contributed by atoms with Gasteiger partial charge in [0.1, 0.15) is 5.84 Å². The molecule has 2 N–H and O–H groups in total. The van der Waals surface area contributed by atoms with E-state index in [2.05, 4.69) is 22.4 Å². The van der Waals surface area contributed by atoms with Crippen molar-refractivity contribution < 1.29 is 14.7 Å². The van der Waals surface area contributed by atoms with Gasteiger partial charge in [-0.05, 0) is 30.5 Å². The summed E-state index contributed by atoms with van der Waals surface area (Å²) in [5.41, 5.74) is 3.19. The zero-order valence-electron chi connectivity index (χ0n) is 18.0. The Morgan fingerprint density at radius 3 is 2.45 bits per heavy atom. The van der Waals surface area contributed by atoms with Gasteiger partial charge in [-0.15, -0.1) is 0 Å². The monoisotopic (exact) mass is 422 g/mol. The maximum absolute atomic E-state index is 12.3. The number of likely N-dealkylation sites (N-methyl/N-ethyl adjacent to an activating group) is 1. The maximum atomic E-state index is 12.3. The summed E-state index contributed by atoms with van der Waals surface area (Å²) >= 11 is 0. The molecule has 1 heterocycles. The molecule has 1 aliphatic heterocycles. The molecule has 31 heavy (non-hydrogen) atoms. The Hall–Kier alpha value is -3.19. The van der Waals surface area contributed by atoms with Gasteiger partial charge in [-0.2, -0.15) is 0 Å². The Morgan fingerprint density at radius 2 is 1.74 bits per heavy atom. The molecule has 0 bridgehead atoms. The van der Waals surface area contributed by atoms with Gasteiger partial charge in [0.15, 0.2) is 0 Å². The van der Waals surface area contributed by atoms with E-state index >= 15 is 0 Å². The van der Waals surface area contributed by atoms with E-state index in [0.717, 1.165) is 30.5 Å². The van der Waals surface area contributed by atoms with E-state index in [9.17, 15) is 14.7 Å². The molecular weight excluding hydrogens is 392 g/mol. The molecule has 7 nitrogen and oxygen atoms in total. The molecule has 0 saturated heterocycles. The van der Waals surface area contributed by atoms with Crippen LogP contribution in [-0.2, 0) is 17.6 Å². The molecule has 7 heteroatoms. The lowest BCUT2D eigenvalue weighted by molar-refractivity contribution is -0.129. The van der Waals surface area contributed by atoms with Gasteiger partial charge in [-0.25, -0.2) is 4.79 Å². The molecule has 1 aliphatic rings. The van der Waals surface area contributed by atoms with Crippen molar-refractivity contribution >= 4 is 17.8 Å². The molecular formula is C24H30N4O3. The summed E-state index contributed by atoms with van der Waals surface area (Å²) in [5, 5.41) is 12.6. The third-order valence-corrected chi connectivity index (χ3v) is 5.39. The molecule has 3 rings (SSSR count). The van der Waals surface area contributed by atoms with Crippen molar-refractivity contribution in [1.82, 2.24) is 15.1 Å². The predicted octanol–water partition coefficient (Wildman–Crippen LogP) is 2.65. The minimum atomic E-state index is -0.977. The van der Waals surface area contributed by atoms with Crippen molar-refractivity contribution in [3.05, 3.63) is 71.3 Å². The van der Waals surface area contributed by atoms with Gasteiger partial charge in [-0.3, -0.25) is 14.7 Å². The third kappa shape index (κ3) is 6.65. The first kappa shape index (κ1) is 22.5. The molecule has 164 valence electrons. The molecule has 0 spiro atoms. The number of hydrogen-bond acceptors (Lipinski definition) is 4. The lowest BCUT2D eigenvalue weighted by Crippen LogP contribution is -2.33. The van der Waals surface area contributed by atoms with Crippen molar-refractivity contribution in [2.75, 3.05) is 39.8 Å². The Balaban J connectivity index is 1.36. The first-order valence-electron chi connectivity index (χ1n) is 10.7. The van der Waals surface area contributed by atoms with Crippen LogP contribution in [0.4, 0.5) is 4.79 Å². The smallest absolute Gasteiger partial charge is 0.413 e. The van der Waals surface area contributed by atoms with Crippen LogP contribution in [0.25, 0.3) is 0 Å². The zero-order valence-corrected chi connectivity index (χ0v) is 18.0. The summed E-state index contributed by atoms with van der Waals surface area (Å²) in [4.78, 5) is 30.9. The molecule has 2 aromatic carbocycles. The average molecular weight is 423 g/mol. The Kier molecular flexibility index (Phi) is 8.18. The number of carboxylic acid groups (broad SMARTS) is 1. The van der Waals surface area contributed by atoms with Crippen LogP contribution in [0.15, 0.2) is 59.6 Å². The summed E-state index contributed by atoms with van der Waals surface area (Å²) in [7, 11) is 1.83. The second-order valence-corrected chi connectivity index (χ2v) is 7.64. The standard InChI is InChI=1S/C24H30N4O3/c1-27(22(29)12-15-25-14-11-19-5-3-2-4-6-19)17-13-20-7-9-21(10-8-20)23-26-16-18-28(23)24(30)31/h2-10,25H,11-18H2,1H3,(H,30,31). The number of hydrogen-bond donors (Lipinski definition) is 2. The first-order chi connectivity index (χ1) is 15.0. The van der Waals surface area contributed by atoms with Crippen LogP contribution in [0, 0.1) is 0 Å². The van der Waals surface area contributed by atoms with E-state index in [0.29, 0.717) is 38.4 Å². The van der Waals surface area contributed by atoms with Crippen molar-refractivity contribution in [2.24, 2.45) is 4.99 Å². The van der Waals surface area contributed by atoms with Crippen LogP contribution in [0.2, 0.25) is 0 Å². The van der Waals surface area contributed by atoms with Crippen LogP contribution >= 0.6 is 0 Å². The van der Waals surface area contributed by atoms with Gasteiger partial charge in [0.05, 0.1) is 13.1 Å². The van der Waals surface area contributed by atoms with Crippen LogP contribution in [0.1, 0.15) is 23.1 Å². The number of nitrogens with zero attached hydrogens (tertiary/aromatic N) is 3. The number of amides is 2. The SMILES string of the molecule is CN(CCc1ccc(C2=NCCN2C(=O)O)cc1)C(=O)CCNCCc1ccccc1. The van der Waals surface area contributed by atoms with Crippen LogP contribution in [0.5, 0.6) is 0 Å². The summed E-state index contributed by atoms with van der Waals surface area (Å²) in [6, 6.07) is 18.0. The summed E-state index contributed by atoms with van der Waals surface area (Å²) in [6.45, 7) is 3.08. The van der Waals surface area contributed by atoms with Crippen molar-refractivity contribution in [3.63, 3.8) is 0 Å². The molecule has 0 atom stereocenters. The highest BCUT2D eigenvalue weighted by molar-refractivity contribution is 6.07. The largest absolute Gasteiger partial charge is 0.465 e. The summed E-state index contributed by atoms with van der Waals surface area (Å²) in [6.07, 6.45) is 1.21. The molecule has 0 radical (unpaired) electrons. The fraction of sp³-hybridized carbons (Fsp3) is 0.375. The van der Waals surface area contributed by atoms with E-state index in [4.69, 9.17) is 0 Å². The second-order valence-electron chi connectivity index (χ2n) is 7.64. The highest BCUT2D eigenvalue weighted by Gasteiger charge is 2.23. The number of nitrogens with one attached hydrogen (secondary N) is 1. The van der Waals surface area contributed by atoms with Crippen LogP contribution in [-0.4, -0.2) is 72.5 Å². The van der Waals surface area contributed by atoms with Gasteiger partial charge in [0.2, 0.25) is 5.91 Å². The number of aliphatic imine (C=N–C) groups is 1. The molecule has 0 aliphatic carbocycles. The number of benzene rings is 2. The minimum absolute atomic E-state index is 0.126. The highest BCUT2D eigenvalue weighted by atomic mass is 16.4. The Labute approximate surface area is 183 Å². The maximum Gasteiger partial charge on any atom is 0.413 e. The van der Waals surface area contributed by atoms with E-state index in [1.54, 1.807) is 4.90 Å². The van der Waals surface area contributed by atoms with Crippen molar-refractivity contribution in [3.8, 4) is 0 Å². The van der Waals surface area contributed by atoms with E-state index in [-0.39, 0.29) is 5.91 Å². The molecule has 0 fully saturated rings. The fourth-order valence-corrected chi connectivity index (χ4v) is 3.51. The normalized spacial score (nSPS) is 13.2. The molecule has 2 aromatic rings. The predicted molar refractivity (Wildman–Crippen MR) is 122 cm³/mol. The van der Waals surface area contributed by atoms with Gasteiger partial charge in [0, 0.05) is 32.1 Å². The second kappa shape index (κ2) is 11.3. The molecule has 0 aromatic heterocycles. The van der Waals surface area contributed by atoms with Crippen LogP contribution in [0.3, 0.4) is 0 Å². The Bertz CT molecular complexity index is 897. The lowest BCUT2D eigenvalue weighted by Gasteiger charge is -2.18. The van der Waals surface area contributed by atoms with Gasteiger partial charge in [0.25, 0.3) is 0 Å². The summed E-state index contributed by atoms with van der Waals surface area (Å²) < 4.78 is 0. The van der Waals surface area contributed by atoms with Gasteiger partial charge in [-0.1, -0.05) is 54.6 Å². The first-order valence-corrected chi connectivity index (χ1v) is 10.7. The number of carbonyl (C=O) groups excluding carboxylic acids is 1. The summed E-state index contributed by atoms with van der Waals surface area (Å²) in [5.74, 6) is 0.632. The van der Waals surface area contributed by atoms with Crippen molar-refractivity contribution in [1.29, 1.82) is 0 Å². The van der Waals surface area contributed by atoms with Gasteiger partial charge >= 0.3 is 6.09 Å². The van der Waals surface area contributed by atoms with Gasteiger partial charge < -0.3 is 15.3 Å². The fourth-order valence-electron chi connectivity index (χ4n) is 3.51. The lowest BCUT2D eigenvalue weighted by atomic mass is 10.1. The number of amidine groups is 1. The highest BCUT2D eigenvalue weighted by Crippen LogP contribution is 2.13. The molecule has 0 saturated carbocycles. The van der Waals surface area contributed by atoms with E-state index < -0.39 is 6.09 Å². The van der Waals surface area contributed by atoms with Crippen molar-refractivity contribution in [2.45, 2.75) is 19.3 Å². The molecule has 2 amide bonds. The van der Waals surface area contributed by atoms with E-state index in [1.807, 2.05) is 49.5 Å². The number of rotatable bonds is 10. The zero-order chi connectivity index (χ0) is 22.1. The minimum Gasteiger partial charge on any atom is -0.465 e.